The molecule has 7 heteroatoms. The number of aliphatic imine (C=N–C) groups is 1. The maximum Gasteiger partial charge on any atom is 0.243 e. The summed E-state index contributed by atoms with van der Waals surface area (Å²) in [5.74, 6) is 0.722. The van der Waals surface area contributed by atoms with E-state index in [-0.39, 0.29) is 12.1 Å². The monoisotopic (exact) mass is 416 g/mol. The summed E-state index contributed by atoms with van der Waals surface area (Å²) in [4.78, 5) is 4.93. The first kappa shape index (κ1) is 22.9. The Hall–Kier alpha value is -2.38. The number of rotatable bonds is 8. The summed E-state index contributed by atoms with van der Waals surface area (Å²) >= 11 is 0. The summed E-state index contributed by atoms with van der Waals surface area (Å²) in [7, 11) is -1.87. The van der Waals surface area contributed by atoms with E-state index in [1.807, 2.05) is 51.1 Å². The molecular weight excluding hydrogens is 384 g/mol. The highest BCUT2D eigenvalue weighted by molar-refractivity contribution is 7.89. The first-order valence-corrected chi connectivity index (χ1v) is 11.4. The predicted molar refractivity (Wildman–Crippen MR) is 119 cm³/mol. The van der Waals surface area contributed by atoms with Crippen LogP contribution in [0.2, 0.25) is 0 Å². The molecule has 0 radical (unpaired) electrons. The molecular formula is C22H32N4O2S. The molecule has 0 aliphatic heterocycles. The lowest BCUT2D eigenvalue weighted by Gasteiger charge is -2.21. The van der Waals surface area contributed by atoms with Crippen LogP contribution in [0.5, 0.6) is 0 Å². The average molecular weight is 417 g/mol. The van der Waals surface area contributed by atoms with Crippen molar-refractivity contribution in [2.24, 2.45) is 4.99 Å². The molecule has 0 aliphatic carbocycles. The molecule has 0 bridgehead atoms. The third-order valence-electron chi connectivity index (χ3n) is 4.74. The van der Waals surface area contributed by atoms with Crippen molar-refractivity contribution < 1.29 is 8.42 Å². The SMILES string of the molecule is CCNC(=NCc1ccc(S(=O)(=O)N(C)C(C)C)cc1)NC(C)c1ccccc1. The average Bonchev–Trinajstić information content (AvgIpc) is 2.72. The number of benzene rings is 2. The van der Waals surface area contributed by atoms with Crippen LogP contribution in [0.3, 0.4) is 0 Å². The Morgan fingerprint density at radius 2 is 1.66 bits per heavy atom. The van der Waals surface area contributed by atoms with E-state index in [1.165, 1.54) is 9.87 Å². The quantitative estimate of drug-likeness (QED) is 0.510. The Bertz CT molecular complexity index is 894. The third-order valence-corrected chi connectivity index (χ3v) is 6.79. The second-order valence-corrected chi connectivity index (χ2v) is 9.23. The van der Waals surface area contributed by atoms with Crippen molar-refractivity contribution in [3.63, 3.8) is 0 Å². The van der Waals surface area contributed by atoms with Crippen LogP contribution in [0, 0.1) is 0 Å². The van der Waals surface area contributed by atoms with Gasteiger partial charge >= 0.3 is 0 Å². The molecule has 0 heterocycles. The van der Waals surface area contributed by atoms with Gasteiger partial charge in [-0.15, -0.1) is 0 Å². The summed E-state index contributed by atoms with van der Waals surface area (Å²) in [5.41, 5.74) is 2.13. The van der Waals surface area contributed by atoms with E-state index in [0.717, 1.165) is 18.1 Å². The Kier molecular flexibility index (Phi) is 8.22. The Morgan fingerprint density at radius 3 is 2.21 bits per heavy atom. The molecule has 0 fully saturated rings. The minimum absolute atomic E-state index is 0.0929. The second kappa shape index (κ2) is 10.4. The van der Waals surface area contributed by atoms with Crippen molar-refractivity contribution in [2.45, 2.75) is 51.2 Å². The van der Waals surface area contributed by atoms with E-state index in [9.17, 15) is 8.42 Å². The highest BCUT2D eigenvalue weighted by atomic mass is 32.2. The minimum Gasteiger partial charge on any atom is -0.357 e. The van der Waals surface area contributed by atoms with Crippen molar-refractivity contribution in [3.8, 4) is 0 Å². The van der Waals surface area contributed by atoms with Crippen LogP contribution in [0.1, 0.15) is 44.9 Å². The molecule has 1 unspecified atom stereocenters. The predicted octanol–water partition coefficient (Wildman–Crippen LogP) is 3.53. The van der Waals surface area contributed by atoms with Crippen LogP contribution in [0.25, 0.3) is 0 Å². The van der Waals surface area contributed by atoms with E-state index in [0.29, 0.717) is 11.4 Å². The lowest BCUT2D eigenvalue weighted by molar-refractivity contribution is 0.410. The van der Waals surface area contributed by atoms with Gasteiger partial charge in [-0.3, -0.25) is 0 Å². The minimum atomic E-state index is -3.47. The molecule has 0 saturated carbocycles. The molecule has 0 aliphatic rings. The third kappa shape index (κ3) is 6.30. The smallest absolute Gasteiger partial charge is 0.243 e. The van der Waals surface area contributed by atoms with Crippen molar-refractivity contribution in [3.05, 3.63) is 65.7 Å². The van der Waals surface area contributed by atoms with Crippen molar-refractivity contribution >= 4 is 16.0 Å². The van der Waals surface area contributed by atoms with Crippen LogP contribution in [-0.4, -0.2) is 38.3 Å². The Labute approximate surface area is 175 Å². The summed E-state index contributed by atoms with van der Waals surface area (Å²) in [6.07, 6.45) is 0. The summed E-state index contributed by atoms with van der Waals surface area (Å²) in [6.45, 7) is 9.03. The molecule has 1 atom stereocenters. The van der Waals surface area contributed by atoms with Gasteiger partial charge in [-0.25, -0.2) is 13.4 Å². The van der Waals surface area contributed by atoms with Crippen LogP contribution < -0.4 is 10.6 Å². The maximum absolute atomic E-state index is 12.6. The first-order valence-electron chi connectivity index (χ1n) is 9.92. The van der Waals surface area contributed by atoms with E-state index < -0.39 is 10.0 Å². The van der Waals surface area contributed by atoms with Crippen molar-refractivity contribution in [1.29, 1.82) is 0 Å². The van der Waals surface area contributed by atoms with Gasteiger partial charge in [0.1, 0.15) is 0 Å². The molecule has 0 amide bonds. The molecule has 2 aromatic rings. The van der Waals surface area contributed by atoms with Crippen LogP contribution >= 0.6 is 0 Å². The van der Waals surface area contributed by atoms with Gasteiger partial charge in [-0.1, -0.05) is 42.5 Å². The normalized spacial score (nSPS) is 13.6. The number of hydrogen-bond acceptors (Lipinski definition) is 3. The maximum atomic E-state index is 12.6. The fraction of sp³-hybridized carbons (Fsp3) is 0.409. The van der Waals surface area contributed by atoms with Gasteiger partial charge in [-0.05, 0) is 51.0 Å². The largest absolute Gasteiger partial charge is 0.357 e. The van der Waals surface area contributed by atoms with Gasteiger partial charge in [0, 0.05) is 19.6 Å². The van der Waals surface area contributed by atoms with E-state index in [1.54, 1.807) is 19.2 Å². The molecule has 6 nitrogen and oxygen atoms in total. The zero-order chi connectivity index (χ0) is 21.4. The fourth-order valence-corrected chi connectivity index (χ4v) is 4.10. The number of nitrogens with one attached hydrogen (secondary N) is 2. The Morgan fingerprint density at radius 1 is 1.03 bits per heavy atom. The van der Waals surface area contributed by atoms with Gasteiger partial charge < -0.3 is 10.6 Å². The highest BCUT2D eigenvalue weighted by Gasteiger charge is 2.22. The molecule has 0 saturated heterocycles. The molecule has 2 N–H and O–H groups in total. The molecule has 2 aromatic carbocycles. The standard InChI is InChI=1S/C22H32N4O2S/c1-6-23-22(25-18(4)20-10-8-7-9-11-20)24-16-19-12-14-21(15-13-19)29(27,28)26(5)17(2)3/h7-15,17-18H,6,16H2,1-5H3,(H2,23,24,25). The fourth-order valence-electron chi connectivity index (χ4n) is 2.73. The van der Waals surface area contributed by atoms with E-state index in [2.05, 4.69) is 34.7 Å². The highest BCUT2D eigenvalue weighted by Crippen LogP contribution is 2.17. The van der Waals surface area contributed by atoms with Crippen molar-refractivity contribution in [2.75, 3.05) is 13.6 Å². The summed E-state index contributed by atoms with van der Waals surface area (Å²) in [5, 5.41) is 6.66. The van der Waals surface area contributed by atoms with Gasteiger partial charge in [0.05, 0.1) is 17.5 Å². The molecule has 0 spiro atoms. The first-order chi connectivity index (χ1) is 13.8. The van der Waals surface area contributed by atoms with E-state index >= 15 is 0 Å². The summed E-state index contributed by atoms with van der Waals surface area (Å²) < 4.78 is 26.5. The number of guanidine groups is 1. The second-order valence-electron chi connectivity index (χ2n) is 7.23. The number of nitrogens with zero attached hydrogens (tertiary/aromatic N) is 2. The summed E-state index contributed by atoms with van der Waals surface area (Å²) in [6, 6.07) is 17.1. The lowest BCUT2D eigenvalue weighted by Crippen LogP contribution is -2.38. The van der Waals surface area contributed by atoms with Crippen molar-refractivity contribution in [1.82, 2.24) is 14.9 Å². The number of hydrogen-bond donors (Lipinski definition) is 2. The van der Waals surface area contributed by atoms with Gasteiger partial charge in [-0.2, -0.15) is 4.31 Å². The molecule has 2 rings (SSSR count). The molecule has 158 valence electrons. The van der Waals surface area contributed by atoms with E-state index in [4.69, 9.17) is 0 Å². The topological polar surface area (TPSA) is 73.8 Å². The van der Waals surface area contributed by atoms with Crippen LogP contribution in [-0.2, 0) is 16.6 Å². The molecule has 0 aromatic heterocycles. The van der Waals surface area contributed by atoms with Gasteiger partial charge in [0.25, 0.3) is 0 Å². The number of sulfonamides is 1. The van der Waals surface area contributed by atoms with Crippen LogP contribution in [0.15, 0.2) is 64.5 Å². The molecule has 29 heavy (non-hydrogen) atoms. The van der Waals surface area contributed by atoms with Gasteiger partial charge in [0.15, 0.2) is 5.96 Å². The lowest BCUT2D eigenvalue weighted by atomic mass is 10.1. The van der Waals surface area contributed by atoms with Gasteiger partial charge in [0.2, 0.25) is 10.0 Å². The zero-order valence-electron chi connectivity index (χ0n) is 17.9. The zero-order valence-corrected chi connectivity index (χ0v) is 18.7. The Balaban J connectivity index is 2.09. The van der Waals surface area contributed by atoms with Crippen LogP contribution in [0.4, 0.5) is 0 Å².